The summed E-state index contributed by atoms with van der Waals surface area (Å²) in [4.78, 5) is 26.4. The number of hydrogen-bond acceptors (Lipinski definition) is 5. The monoisotopic (exact) mass is 412 g/mol. The minimum absolute atomic E-state index is 0.219. The normalized spacial score (nSPS) is 11.2. The van der Waals surface area contributed by atoms with Crippen LogP contribution >= 0.6 is 0 Å². The number of esters is 1. The zero-order valence-corrected chi connectivity index (χ0v) is 18.3. The Morgan fingerprint density at radius 2 is 1.80 bits per heavy atom. The Morgan fingerprint density at radius 3 is 2.33 bits per heavy atom. The molecule has 0 aliphatic carbocycles. The molecule has 0 aliphatic heterocycles. The molecule has 0 amide bonds. The van der Waals surface area contributed by atoms with Crippen molar-refractivity contribution in [3.8, 4) is 17.2 Å². The molecule has 3 rings (SSSR count). The van der Waals surface area contributed by atoms with Crippen molar-refractivity contribution < 1.29 is 19.0 Å². The van der Waals surface area contributed by atoms with Gasteiger partial charge in [0.2, 0.25) is 0 Å². The predicted molar refractivity (Wildman–Crippen MR) is 116 cm³/mol. The molecule has 0 bridgehead atoms. The molecule has 160 valence electrons. The van der Waals surface area contributed by atoms with Gasteiger partial charge >= 0.3 is 5.97 Å². The van der Waals surface area contributed by atoms with Crippen LogP contribution in [0, 0.1) is 0 Å². The Balaban J connectivity index is 2.38. The van der Waals surface area contributed by atoms with Gasteiger partial charge in [-0.3, -0.25) is 9.36 Å². The first kappa shape index (κ1) is 21.5. The first-order chi connectivity index (χ1) is 14.3. The zero-order valence-electron chi connectivity index (χ0n) is 18.3. The average molecular weight is 412 g/mol. The molecule has 0 saturated carbocycles. The second kappa shape index (κ2) is 8.65. The maximum atomic E-state index is 13.7. The molecule has 0 spiro atoms. The number of fused-ring (bicyclic) bond motifs is 1. The molecule has 0 aliphatic rings. The van der Waals surface area contributed by atoms with Gasteiger partial charge in [0.1, 0.15) is 11.1 Å². The van der Waals surface area contributed by atoms with Crippen LogP contribution in [0.25, 0.3) is 16.6 Å². The number of rotatable bonds is 7. The van der Waals surface area contributed by atoms with E-state index in [0.717, 1.165) is 11.4 Å². The highest BCUT2D eigenvalue weighted by Gasteiger charge is 2.28. The third kappa shape index (κ3) is 3.67. The van der Waals surface area contributed by atoms with Crippen molar-refractivity contribution in [1.29, 1.82) is 0 Å². The lowest BCUT2D eigenvalue weighted by molar-refractivity contribution is 0.0509. The fraction of sp³-hybridized carbons (Fsp3) is 0.391. The fourth-order valence-electron chi connectivity index (χ4n) is 3.57. The van der Waals surface area contributed by atoms with Crippen LogP contribution in [0.2, 0.25) is 0 Å². The number of nitrogens with zero attached hydrogens (tertiary/aromatic N) is 2. The lowest BCUT2D eigenvalue weighted by atomic mass is 10.2. The van der Waals surface area contributed by atoms with Crippen molar-refractivity contribution in [2.24, 2.45) is 7.05 Å². The van der Waals surface area contributed by atoms with E-state index in [1.807, 2.05) is 51.1 Å². The van der Waals surface area contributed by atoms with E-state index in [4.69, 9.17) is 14.2 Å². The molecule has 2 heterocycles. The number of aryl methyl sites for hydroxylation is 2. The maximum Gasteiger partial charge on any atom is 0.358 e. The van der Waals surface area contributed by atoms with Crippen molar-refractivity contribution >= 4 is 16.9 Å². The molecule has 30 heavy (non-hydrogen) atoms. The molecule has 0 radical (unpaired) electrons. The molecule has 2 aromatic heterocycles. The van der Waals surface area contributed by atoms with Crippen molar-refractivity contribution in [1.82, 2.24) is 9.13 Å². The van der Waals surface area contributed by atoms with Gasteiger partial charge in [-0.05, 0) is 57.5 Å². The highest BCUT2D eigenvalue weighted by Crippen LogP contribution is 2.33. The van der Waals surface area contributed by atoms with Crippen molar-refractivity contribution in [3.63, 3.8) is 0 Å². The number of ether oxygens (including phenoxy) is 3. The van der Waals surface area contributed by atoms with E-state index in [2.05, 4.69) is 0 Å². The van der Waals surface area contributed by atoms with Crippen molar-refractivity contribution in [2.75, 3.05) is 13.7 Å². The number of methoxy groups -OCH3 is 1. The Kier molecular flexibility index (Phi) is 6.20. The van der Waals surface area contributed by atoms with Crippen LogP contribution in [0.3, 0.4) is 0 Å². The Labute approximate surface area is 175 Å². The SMILES string of the molecule is CCOC(=O)c1c(OC(C)C)c2c(=O)n(-c3ccc(OC)cc3)c(CC)cc2n1C. The van der Waals surface area contributed by atoms with Gasteiger partial charge in [-0.25, -0.2) is 4.79 Å². The zero-order chi connectivity index (χ0) is 22.0. The van der Waals surface area contributed by atoms with E-state index in [0.29, 0.717) is 23.1 Å². The van der Waals surface area contributed by atoms with E-state index >= 15 is 0 Å². The molecule has 0 atom stereocenters. The van der Waals surface area contributed by atoms with Crippen LogP contribution in [0.5, 0.6) is 11.5 Å². The number of aromatic nitrogens is 2. The average Bonchev–Trinajstić information content (AvgIpc) is 2.99. The molecule has 0 unspecified atom stereocenters. The van der Waals surface area contributed by atoms with Gasteiger partial charge in [0, 0.05) is 18.4 Å². The van der Waals surface area contributed by atoms with E-state index in [9.17, 15) is 9.59 Å². The van der Waals surface area contributed by atoms with Gasteiger partial charge < -0.3 is 18.8 Å². The molecule has 0 fully saturated rings. The molecule has 0 N–H and O–H groups in total. The second-order valence-corrected chi connectivity index (χ2v) is 7.21. The molecule has 0 saturated heterocycles. The summed E-state index contributed by atoms with van der Waals surface area (Å²) in [6.45, 7) is 7.68. The summed E-state index contributed by atoms with van der Waals surface area (Å²) in [5, 5.41) is 0.363. The van der Waals surface area contributed by atoms with Crippen LogP contribution < -0.4 is 15.0 Å². The minimum Gasteiger partial charge on any atom is -0.497 e. The first-order valence-corrected chi connectivity index (χ1v) is 10.1. The van der Waals surface area contributed by atoms with Crippen LogP contribution in [0.4, 0.5) is 0 Å². The summed E-state index contributed by atoms with van der Waals surface area (Å²) in [6, 6.07) is 9.22. The van der Waals surface area contributed by atoms with Crippen LogP contribution in [-0.2, 0) is 18.2 Å². The van der Waals surface area contributed by atoms with Gasteiger partial charge in [-0.1, -0.05) is 6.92 Å². The summed E-state index contributed by atoms with van der Waals surface area (Å²) in [5.41, 5.74) is 2.19. The Morgan fingerprint density at radius 1 is 1.13 bits per heavy atom. The summed E-state index contributed by atoms with van der Waals surface area (Å²) in [5.74, 6) is 0.454. The van der Waals surface area contributed by atoms with Crippen LogP contribution in [0.15, 0.2) is 35.1 Å². The lowest BCUT2D eigenvalue weighted by Crippen LogP contribution is -2.22. The Hall–Kier alpha value is -3.22. The fourth-order valence-corrected chi connectivity index (χ4v) is 3.57. The molecule has 7 nitrogen and oxygen atoms in total. The van der Waals surface area contributed by atoms with Crippen molar-refractivity contribution in [2.45, 2.75) is 40.2 Å². The maximum absolute atomic E-state index is 13.7. The number of hydrogen-bond donors (Lipinski definition) is 0. The summed E-state index contributed by atoms with van der Waals surface area (Å²) in [6.07, 6.45) is 0.417. The quantitative estimate of drug-likeness (QED) is 0.551. The van der Waals surface area contributed by atoms with E-state index in [1.54, 1.807) is 30.2 Å². The lowest BCUT2D eigenvalue weighted by Gasteiger charge is -2.14. The third-order valence-electron chi connectivity index (χ3n) is 4.92. The second-order valence-electron chi connectivity index (χ2n) is 7.21. The van der Waals surface area contributed by atoms with Crippen LogP contribution in [0.1, 0.15) is 43.9 Å². The number of pyridine rings is 1. The van der Waals surface area contributed by atoms with Gasteiger partial charge in [-0.2, -0.15) is 0 Å². The molecular formula is C23H28N2O5. The highest BCUT2D eigenvalue weighted by atomic mass is 16.5. The predicted octanol–water partition coefficient (Wildman–Crippen LogP) is 3.86. The smallest absolute Gasteiger partial charge is 0.358 e. The summed E-state index contributed by atoms with van der Waals surface area (Å²) < 4.78 is 19.8. The standard InChI is InChI=1S/C23H28N2O5/c1-7-15-13-18-19(22(26)25(15)16-9-11-17(28-6)12-10-16)21(30-14(3)4)20(24(18)5)23(27)29-8-2/h9-14H,7-8H2,1-6H3. The largest absolute Gasteiger partial charge is 0.497 e. The molecule has 7 heteroatoms. The van der Waals surface area contributed by atoms with Gasteiger partial charge in [0.05, 0.1) is 25.3 Å². The number of carbonyl (C=O) groups is 1. The topological polar surface area (TPSA) is 71.7 Å². The summed E-state index contributed by atoms with van der Waals surface area (Å²) in [7, 11) is 3.35. The Bertz CT molecular complexity index is 1120. The highest BCUT2D eigenvalue weighted by molar-refractivity contribution is 6.01. The van der Waals surface area contributed by atoms with E-state index in [-0.39, 0.29) is 29.7 Å². The van der Waals surface area contributed by atoms with Gasteiger partial charge in [-0.15, -0.1) is 0 Å². The van der Waals surface area contributed by atoms with Gasteiger partial charge in [0.15, 0.2) is 11.4 Å². The van der Waals surface area contributed by atoms with Crippen LogP contribution in [-0.4, -0.2) is 34.9 Å². The third-order valence-corrected chi connectivity index (χ3v) is 4.92. The van der Waals surface area contributed by atoms with Gasteiger partial charge in [0.25, 0.3) is 5.56 Å². The minimum atomic E-state index is -0.514. The number of carbonyl (C=O) groups excluding carboxylic acids is 1. The molecular weight excluding hydrogens is 384 g/mol. The van der Waals surface area contributed by atoms with E-state index < -0.39 is 5.97 Å². The molecule has 3 aromatic rings. The molecule has 1 aromatic carbocycles. The summed E-state index contributed by atoms with van der Waals surface area (Å²) >= 11 is 0. The van der Waals surface area contributed by atoms with E-state index in [1.165, 1.54) is 0 Å². The van der Waals surface area contributed by atoms with Crippen molar-refractivity contribution in [3.05, 3.63) is 52.1 Å². The first-order valence-electron chi connectivity index (χ1n) is 10.1. The number of benzene rings is 1.